The van der Waals surface area contributed by atoms with Crippen LogP contribution >= 0.6 is 0 Å². The Hall–Kier alpha value is -4.25. The van der Waals surface area contributed by atoms with E-state index in [2.05, 4.69) is 9.97 Å². The minimum Gasteiger partial charge on any atom is -0.444 e. The van der Waals surface area contributed by atoms with Crippen molar-refractivity contribution in [3.05, 3.63) is 114 Å². The van der Waals surface area contributed by atoms with Gasteiger partial charge in [-0.25, -0.2) is 9.78 Å². The zero-order chi connectivity index (χ0) is 21.2. The summed E-state index contributed by atoms with van der Waals surface area (Å²) in [4.78, 5) is 34.0. The summed E-state index contributed by atoms with van der Waals surface area (Å²) >= 11 is 0. The number of esters is 1. The number of Topliss-reactive ketones (excluding diaryl/α,β-unsaturated/α-hetero) is 1. The molecular weight excluding hydrogens is 388 g/mol. The second kappa shape index (κ2) is 7.88. The zero-order valence-corrected chi connectivity index (χ0v) is 16.5. The van der Waals surface area contributed by atoms with Crippen LogP contribution in [0.15, 0.2) is 97.2 Å². The second-order valence-electron chi connectivity index (χ2n) is 7.20. The maximum absolute atomic E-state index is 13.5. The molecule has 31 heavy (non-hydrogen) atoms. The monoisotopic (exact) mass is 406 g/mol. The van der Waals surface area contributed by atoms with E-state index in [-0.39, 0.29) is 11.5 Å². The molecular formula is C26H18N2O3. The molecule has 0 fully saturated rings. The first-order valence-electron chi connectivity index (χ1n) is 9.93. The van der Waals surface area contributed by atoms with Gasteiger partial charge in [0, 0.05) is 33.6 Å². The molecule has 5 rings (SSSR count). The van der Waals surface area contributed by atoms with Gasteiger partial charge in [-0.1, -0.05) is 72.8 Å². The van der Waals surface area contributed by atoms with Crippen molar-refractivity contribution in [1.29, 1.82) is 0 Å². The molecule has 0 bridgehead atoms. The summed E-state index contributed by atoms with van der Waals surface area (Å²) in [7, 11) is 0. The maximum atomic E-state index is 13.5. The number of fused-ring (bicyclic) bond motifs is 2. The Kier molecular flexibility index (Phi) is 4.77. The van der Waals surface area contributed by atoms with Crippen molar-refractivity contribution in [1.82, 2.24) is 9.97 Å². The average Bonchev–Trinajstić information content (AvgIpc) is 3.26. The number of rotatable bonds is 5. The average molecular weight is 406 g/mol. The van der Waals surface area contributed by atoms with Gasteiger partial charge in [-0.05, 0) is 18.2 Å². The van der Waals surface area contributed by atoms with Gasteiger partial charge >= 0.3 is 5.97 Å². The fourth-order valence-corrected chi connectivity index (χ4v) is 3.66. The largest absolute Gasteiger partial charge is 0.444 e. The SMILES string of the molecule is O=C(O[C@H](C(=O)c1c[nH]c2ccccc12)c1ccccc1)c1ccc2ccccc2n1. The van der Waals surface area contributed by atoms with E-state index in [1.165, 1.54) is 0 Å². The van der Waals surface area contributed by atoms with Gasteiger partial charge in [-0.15, -0.1) is 0 Å². The quantitative estimate of drug-likeness (QED) is 0.309. The highest BCUT2D eigenvalue weighted by Crippen LogP contribution is 2.28. The van der Waals surface area contributed by atoms with Crippen molar-refractivity contribution in [3.63, 3.8) is 0 Å². The predicted molar refractivity (Wildman–Crippen MR) is 119 cm³/mol. The molecule has 0 saturated heterocycles. The van der Waals surface area contributed by atoms with Gasteiger partial charge in [0.1, 0.15) is 5.69 Å². The third kappa shape index (κ3) is 3.57. The normalized spacial score (nSPS) is 12.0. The molecule has 5 nitrogen and oxygen atoms in total. The van der Waals surface area contributed by atoms with Gasteiger partial charge in [0.15, 0.2) is 6.10 Å². The smallest absolute Gasteiger partial charge is 0.358 e. The Morgan fingerprint density at radius 3 is 2.42 bits per heavy atom. The highest BCUT2D eigenvalue weighted by Gasteiger charge is 2.29. The van der Waals surface area contributed by atoms with E-state index in [0.717, 1.165) is 16.3 Å². The van der Waals surface area contributed by atoms with E-state index in [0.29, 0.717) is 16.6 Å². The number of carbonyl (C=O) groups excluding carboxylic acids is 2. The Labute approximate surface area is 178 Å². The fourth-order valence-electron chi connectivity index (χ4n) is 3.66. The number of aromatic nitrogens is 2. The van der Waals surface area contributed by atoms with Crippen LogP contribution < -0.4 is 0 Å². The first kappa shape index (κ1) is 18.8. The van der Waals surface area contributed by atoms with Crippen LogP contribution in [0.1, 0.15) is 32.5 Å². The number of aromatic amines is 1. The lowest BCUT2D eigenvalue weighted by atomic mass is 9.99. The van der Waals surface area contributed by atoms with Crippen LogP contribution in [0.2, 0.25) is 0 Å². The number of H-pyrrole nitrogens is 1. The van der Waals surface area contributed by atoms with Crippen molar-refractivity contribution < 1.29 is 14.3 Å². The number of nitrogens with one attached hydrogen (secondary N) is 1. The summed E-state index contributed by atoms with van der Waals surface area (Å²) in [5.74, 6) is -0.939. The number of hydrogen-bond donors (Lipinski definition) is 1. The van der Waals surface area contributed by atoms with E-state index in [1.807, 2.05) is 72.8 Å². The lowest BCUT2D eigenvalue weighted by molar-refractivity contribution is 0.0275. The van der Waals surface area contributed by atoms with Gasteiger partial charge in [0.25, 0.3) is 0 Å². The standard InChI is InChI=1S/C26H18N2O3/c29-24(20-16-27-22-13-7-5-11-19(20)22)25(18-9-2-1-3-10-18)31-26(30)23-15-14-17-8-4-6-12-21(17)28-23/h1-16,25,27H/t25-/m0/s1. The Morgan fingerprint density at radius 2 is 1.55 bits per heavy atom. The van der Waals surface area contributed by atoms with E-state index in [4.69, 9.17) is 4.74 Å². The van der Waals surface area contributed by atoms with Crippen LogP contribution in [0.4, 0.5) is 0 Å². The molecule has 3 aromatic carbocycles. The van der Waals surface area contributed by atoms with E-state index < -0.39 is 12.1 Å². The third-order valence-corrected chi connectivity index (χ3v) is 5.23. The minimum atomic E-state index is -1.08. The van der Waals surface area contributed by atoms with Crippen molar-refractivity contribution in [2.45, 2.75) is 6.10 Å². The molecule has 2 aromatic heterocycles. The van der Waals surface area contributed by atoms with Crippen molar-refractivity contribution in [2.24, 2.45) is 0 Å². The molecule has 0 aliphatic rings. The number of ether oxygens (including phenoxy) is 1. The molecule has 1 N–H and O–H groups in total. The lowest BCUT2D eigenvalue weighted by Crippen LogP contribution is -2.20. The molecule has 0 unspecified atom stereocenters. The number of ketones is 1. The third-order valence-electron chi connectivity index (χ3n) is 5.23. The molecule has 2 heterocycles. The van der Waals surface area contributed by atoms with Gasteiger partial charge in [0.05, 0.1) is 5.52 Å². The van der Waals surface area contributed by atoms with Crippen molar-refractivity contribution in [3.8, 4) is 0 Å². The highest BCUT2D eigenvalue weighted by molar-refractivity contribution is 6.11. The summed E-state index contributed by atoms with van der Waals surface area (Å²) in [5.41, 5.74) is 2.78. The summed E-state index contributed by atoms with van der Waals surface area (Å²) in [5, 5.41) is 1.71. The number of carbonyl (C=O) groups is 2. The van der Waals surface area contributed by atoms with E-state index in [1.54, 1.807) is 24.4 Å². The van der Waals surface area contributed by atoms with Crippen LogP contribution in [0.3, 0.4) is 0 Å². The van der Waals surface area contributed by atoms with Crippen LogP contribution in [0, 0.1) is 0 Å². The summed E-state index contributed by atoms with van der Waals surface area (Å²) in [6.45, 7) is 0. The topological polar surface area (TPSA) is 72.1 Å². The van der Waals surface area contributed by atoms with Crippen LogP contribution in [0.5, 0.6) is 0 Å². The first-order valence-corrected chi connectivity index (χ1v) is 9.93. The summed E-state index contributed by atoms with van der Waals surface area (Å²) in [6, 6.07) is 27.5. The van der Waals surface area contributed by atoms with Gasteiger partial charge < -0.3 is 9.72 Å². The zero-order valence-electron chi connectivity index (χ0n) is 16.5. The van der Waals surface area contributed by atoms with Crippen LogP contribution in [-0.4, -0.2) is 21.7 Å². The van der Waals surface area contributed by atoms with Crippen molar-refractivity contribution >= 4 is 33.6 Å². The van der Waals surface area contributed by atoms with E-state index in [9.17, 15) is 9.59 Å². The Balaban J connectivity index is 1.52. The molecule has 0 aliphatic heterocycles. The maximum Gasteiger partial charge on any atom is 0.358 e. The number of hydrogen-bond acceptors (Lipinski definition) is 4. The molecule has 0 amide bonds. The predicted octanol–water partition coefficient (Wildman–Crippen LogP) is 5.50. The molecule has 0 aliphatic carbocycles. The number of benzene rings is 3. The number of para-hydroxylation sites is 2. The fraction of sp³-hybridized carbons (Fsp3) is 0.0385. The highest BCUT2D eigenvalue weighted by atomic mass is 16.5. The molecule has 5 heteroatoms. The molecule has 0 radical (unpaired) electrons. The van der Waals surface area contributed by atoms with E-state index >= 15 is 0 Å². The van der Waals surface area contributed by atoms with Crippen LogP contribution in [0.25, 0.3) is 21.8 Å². The summed E-state index contributed by atoms with van der Waals surface area (Å²) < 4.78 is 5.74. The molecule has 1 atom stereocenters. The minimum absolute atomic E-state index is 0.159. The number of nitrogens with zero attached hydrogens (tertiary/aromatic N) is 1. The molecule has 5 aromatic rings. The van der Waals surface area contributed by atoms with Crippen LogP contribution in [-0.2, 0) is 4.74 Å². The van der Waals surface area contributed by atoms with Gasteiger partial charge in [0.2, 0.25) is 5.78 Å². The lowest BCUT2D eigenvalue weighted by Gasteiger charge is -2.17. The van der Waals surface area contributed by atoms with Gasteiger partial charge in [-0.3, -0.25) is 4.79 Å². The Bertz CT molecular complexity index is 1410. The molecule has 150 valence electrons. The van der Waals surface area contributed by atoms with Gasteiger partial charge in [-0.2, -0.15) is 0 Å². The second-order valence-corrected chi connectivity index (χ2v) is 7.20. The van der Waals surface area contributed by atoms with Crippen molar-refractivity contribution in [2.75, 3.05) is 0 Å². The summed E-state index contributed by atoms with van der Waals surface area (Å²) in [6.07, 6.45) is 0.576. The molecule has 0 spiro atoms. The first-order chi connectivity index (χ1) is 15.2. The number of pyridine rings is 1. The molecule has 0 saturated carbocycles. The Morgan fingerprint density at radius 1 is 0.806 bits per heavy atom.